The summed E-state index contributed by atoms with van der Waals surface area (Å²) in [6.07, 6.45) is 0.0981. The number of hydrogen-bond acceptors (Lipinski definition) is 4. The largest absolute Gasteiger partial charge is 0.497 e. The summed E-state index contributed by atoms with van der Waals surface area (Å²) < 4.78 is 10.9. The molecule has 0 heterocycles. The smallest absolute Gasteiger partial charge is 0.144 e. The molecule has 0 saturated heterocycles. The molecule has 2 rings (SSSR count). The van der Waals surface area contributed by atoms with Crippen molar-refractivity contribution in [3.63, 3.8) is 0 Å². The minimum Gasteiger partial charge on any atom is -0.497 e. The third-order valence-electron chi connectivity index (χ3n) is 3.01. The molecule has 0 aliphatic carbocycles. The highest BCUT2D eigenvalue weighted by Crippen LogP contribution is 2.27. The molecule has 3 N–H and O–H groups in total. The Kier molecular flexibility index (Phi) is 4.93. The zero-order valence-corrected chi connectivity index (χ0v) is 12.7. The molecule has 0 spiro atoms. The van der Waals surface area contributed by atoms with Crippen LogP contribution in [0.5, 0.6) is 11.5 Å². The predicted molar refractivity (Wildman–Crippen MR) is 86.9 cm³/mol. The van der Waals surface area contributed by atoms with Gasteiger partial charge in [-0.25, -0.2) is 0 Å². The molecule has 0 saturated carbocycles. The van der Waals surface area contributed by atoms with E-state index in [1.165, 1.54) is 0 Å². The van der Waals surface area contributed by atoms with Gasteiger partial charge < -0.3 is 20.5 Å². The van der Waals surface area contributed by atoms with Crippen LogP contribution in [-0.4, -0.2) is 13.2 Å². The van der Waals surface area contributed by atoms with Crippen molar-refractivity contribution in [1.82, 2.24) is 0 Å². The summed E-state index contributed by atoms with van der Waals surface area (Å²) in [6, 6.07) is 13.7. The van der Waals surface area contributed by atoms with Crippen molar-refractivity contribution in [2.75, 3.05) is 18.2 Å². The molecular weight excluding hydrogens is 264 g/mol. The number of nitrogen functional groups attached to an aromatic ring is 1. The average Bonchev–Trinajstić information content (AvgIpc) is 2.48. The van der Waals surface area contributed by atoms with Crippen LogP contribution < -0.4 is 20.5 Å². The first kappa shape index (κ1) is 15.0. The molecule has 4 heteroatoms. The van der Waals surface area contributed by atoms with E-state index in [0.717, 1.165) is 17.0 Å². The first-order valence-electron chi connectivity index (χ1n) is 7.01. The van der Waals surface area contributed by atoms with Crippen molar-refractivity contribution in [1.29, 1.82) is 0 Å². The average molecular weight is 286 g/mol. The Bertz CT molecular complexity index is 597. The molecule has 0 aromatic heterocycles. The molecular formula is C17H22N2O2. The fourth-order valence-corrected chi connectivity index (χ4v) is 1.99. The molecule has 0 aliphatic rings. The summed E-state index contributed by atoms with van der Waals surface area (Å²) in [7, 11) is 1.67. The number of nitrogens with two attached hydrogens (primary N) is 1. The Labute approximate surface area is 125 Å². The topological polar surface area (TPSA) is 56.5 Å². The lowest BCUT2D eigenvalue weighted by Crippen LogP contribution is -2.08. The van der Waals surface area contributed by atoms with Gasteiger partial charge in [0.25, 0.3) is 0 Å². The summed E-state index contributed by atoms with van der Waals surface area (Å²) in [4.78, 5) is 0. The van der Waals surface area contributed by atoms with Crippen LogP contribution in [0.1, 0.15) is 19.4 Å². The fraction of sp³-hybridized carbons (Fsp3) is 0.294. The second-order valence-electron chi connectivity index (χ2n) is 5.12. The summed E-state index contributed by atoms with van der Waals surface area (Å²) >= 11 is 0. The van der Waals surface area contributed by atoms with Gasteiger partial charge in [0.05, 0.1) is 18.9 Å². The van der Waals surface area contributed by atoms with Gasteiger partial charge in [0.15, 0.2) is 0 Å². The van der Waals surface area contributed by atoms with Crippen LogP contribution in [0.25, 0.3) is 0 Å². The van der Waals surface area contributed by atoms with Crippen LogP contribution in [0, 0.1) is 0 Å². The molecule has 0 aliphatic heterocycles. The number of rotatable bonds is 6. The number of hydrogen-bond donors (Lipinski definition) is 2. The van der Waals surface area contributed by atoms with Crippen LogP contribution >= 0.6 is 0 Å². The SMILES string of the molecule is COc1cccc(CNc2ccc(N)c(OC(C)C)c2)c1. The monoisotopic (exact) mass is 286 g/mol. The van der Waals surface area contributed by atoms with E-state index in [-0.39, 0.29) is 6.10 Å². The molecule has 112 valence electrons. The van der Waals surface area contributed by atoms with E-state index in [9.17, 15) is 0 Å². The zero-order valence-electron chi connectivity index (χ0n) is 12.7. The minimum atomic E-state index is 0.0981. The maximum absolute atomic E-state index is 5.91. The summed E-state index contributed by atoms with van der Waals surface area (Å²) in [5, 5.41) is 3.36. The van der Waals surface area contributed by atoms with Crippen molar-refractivity contribution in [3.8, 4) is 11.5 Å². The molecule has 4 nitrogen and oxygen atoms in total. The quantitative estimate of drug-likeness (QED) is 0.795. The highest BCUT2D eigenvalue weighted by molar-refractivity contribution is 5.61. The second kappa shape index (κ2) is 6.88. The van der Waals surface area contributed by atoms with Crippen molar-refractivity contribution in [2.45, 2.75) is 26.5 Å². The van der Waals surface area contributed by atoms with Gasteiger partial charge in [-0.2, -0.15) is 0 Å². The van der Waals surface area contributed by atoms with Crippen molar-refractivity contribution < 1.29 is 9.47 Å². The van der Waals surface area contributed by atoms with Gasteiger partial charge in [-0.3, -0.25) is 0 Å². The summed E-state index contributed by atoms with van der Waals surface area (Å²) in [6.45, 7) is 4.67. The Morgan fingerprint density at radius 2 is 1.95 bits per heavy atom. The normalized spacial score (nSPS) is 10.5. The number of benzene rings is 2. The lowest BCUT2D eigenvalue weighted by molar-refractivity contribution is 0.244. The highest BCUT2D eigenvalue weighted by Gasteiger charge is 2.05. The Hall–Kier alpha value is -2.36. The number of anilines is 2. The number of nitrogens with one attached hydrogen (secondary N) is 1. The lowest BCUT2D eigenvalue weighted by atomic mass is 10.2. The van der Waals surface area contributed by atoms with E-state index in [1.807, 2.05) is 50.2 Å². The maximum atomic E-state index is 5.91. The van der Waals surface area contributed by atoms with E-state index in [2.05, 4.69) is 11.4 Å². The standard InChI is InChI=1S/C17H22N2O2/c1-12(2)21-17-10-14(7-8-16(17)18)19-11-13-5-4-6-15(9-13)20-3/h4-10,12,19H,11,18H2,1-3H3. The first-order chi connectivity index (χ1) is 10.1. The van der Waals surface area contributed by atoms with Gasteiger partial charge in [-0.1, -0.05) is 12.1 Å². The van der Waals surface area contributed by atoms with Gasteiger partial charge in [0, 0.05) is 18.3 Å². The first-order valence-corrected chi connectivity index (χ1v) is 7.01. The van der Waals surface area contributed by atoms with Crippen molar-refractivity contribution >= 4 is 11.4 Å². The van der Waals surface area contributed by atoms with E-state index >= 15 is 0 Å². The van der Waals surface area contributed by atoms with E-state index in [0.29, 0.717) is 18.0 Å². The third kappa shape index (κ3) is 4.31. The molecule has 21 heavy (non-hydrogen) atoms. The zero-order chi connectivity index (χ0) is 15.2. The molecule has 0 radical (unpaired) electrons. The van der Waals surface area contributed by atoms with E-state index in [1.54, 1.807) is 7.11 Å². The predicted octanol–water partition coefficient (Wildman–Crippen LogP) is 3.68. The molecule has 0 amide bonds. The highest BCUT2D eigenvalue weighted by atomic mass is 16.5. The van der Waals surface area contributed by atoms with Crippen LogP contribution in [-0.2, 0) is 6.54 Å². The molecule has 2 aromatic rings. The van der Waals surface area contributed by atoms with Crippen molar-refractivity contribution in [3.05, 3.63) is 48.0 Å². The summed E-state index contributed by atoms with van der Waals surface area (Å²) in [5.41, 5.74) is 8.69. The van der Waals surface area contributed by atoms with Crippen LogP contribution in [0.15, 0.2) is 42.5 Å². The Morgan fingerprint density at radius 3 is 2.67 bits per heavy atom. The van der Waals surface area contributed by atoms with E-state index < -0.39 is 0 Å². The van der Waals surface area contributed by atoms with Crippen LogP contribution in [0.4, 0.5) is 11.4 Å². The minimum absolute atomic E-state index is 0.0981. The van der Waals surface area contributed by atoms with Crippen LogP contribution in [0.3, 0.4) is 0 Å². The van der Waals surface area contributed by atoms with E-state index in [4.69, 9.17) is 15.2 Å². The molecule has 0 bridgehead atoms. The number of ether oxygens (including phenoxy) is 2. The second-order valence-corrected chi connectivity index (χ2v) is 5.12. The molecule has 0 atom stereocenters. The Morgan fingerprint density at radius 1 is 1.14 bits per heavy atom. The molecule has 0 unspecified atom stereocenters. The number of methoxy groups -OCH3 is 1. The van der Waals surface area contributed by atoms with Gasteiger partial charge >= 0.3 is 0 Å². The maximum Gasteiger partial charge on any atom is 0.144 e. The molecule has 2 aromatic carbocycles. The van der Waals surface area contributed by atoms with Crippen molar-refractivity contribution in [2.24, 2.45) is 0 Å². The third-order valence-corrected chi connectivity index (χ3v) is 3.01. The lowest BCUT2D eigenvalue weighted by Gasteiger charge is -2.14. The van der Waals surface area contributed by atoms with Crippen LogP contribution in [0.2, 0.25) is 0 Å². The van der Waals surface area contributed by atoms with Gasteiger partial charge in [-0.15, -0.1) is 0 Å². The summed E-state index contributed by atoms with van der Waals surface area (Å²) in [5.74, 6) is 1.57. The van der Waals surface area contributed by atoms with Gasteiger partial charge in [0.2, 0.25) is 0 Å². The van der Waals surface area contributed by atoms with Gasteiger partial charge in [0.1, 0.15) is 11.5 Å². The molecule has 0 fully saturated rings. The fourth-order valence-electron chi connectivity index (χ4n) is 1.99. The van der Waals surface area contributed by atoms with Gasteiger partial charge in [-0.05, 0) is 43.7 Å². The Balaban J connectivity index is 2.05.